The molecule has 0 saturated heterocycles. The van der Waals surface area contributed by atoms with Crippen LogP contribution in [0.15, 0.2) is 107 Å². The zero-order chi connectivity index (χ0) is 24.5. The van der Waals surface area contributed by atoms with Gasteiger partial charge in [0.2, 0.25) is 5.69 Å². The molecule has 1 spiro atoms. The predicted molar refractivity (Wildman–Crippen MR) is 147 cm³/mol. The van der Waals surface area contributed by atoms with Crippen LogP contribution in [0.3, 0.4) is 0 Å². The van der Waals surface area contributed by atoms with E-state index in [1.807, 2.05) is 11.8 Å². The lowest BCUT2D eigenvalue weighted by Crippen LogP contribution is -2.57. The number of hydrogen-bond donors (Lipinski definition) is 0. The monoisotopic (exact) mass is 495 g/mol. The van der Waals surface area contributed by atoms with Crippen LogP contribution < -0.4 is 9.13 Å². The number of fused-ring (bicyclic) bond motifs is 9. The van der Waals surface area contributed by atoms with Crippen molar-refractivity contribution in [3.05, 3.63) is 114 Å². The highest BCUT2D eigenvalue weighted by Gasteiger charge is 2.69. The number of imidazole rings is 1. The summed E-state index contributed by atoms with van der Waals surface area (Å²) in [6, 6.07) is 34.0. The number of nitrogens with zero attached hydrogens (tertiary/aromatic N) is 3. The van der Waals surface area contributed by atoms with Gasteiger partial charge in [-0.25, -0.2) is 4.57 Å². The molecule has 3 nitrogen and oxygen atoms in total. The van der Waals surface area contributed by atoms with E-state index in [9.17, 15) is 0 Å². The highest BCUT2D eigenvalue weighted by atomic mass is 32.2. The zero-order valence-electron chi connectivity index (χ0n) is 20.8. The van der Waals surface area contributed by atoms with Gasteiger partial charge in [0.25, 0.3) is 0 Å². The average molecular weight is 496 g/mol. The molecule has 0 N–H and O–H groups in total. The van der Waals surface area contributed by atoms with Crippen molar-refractivity contribution in [2.24, 2.45) is 5.92 Å². The van der Waals surface area contributed by atoms with Crippen LogP contribution in [0, 0.1) is 5.92 Å². The first-order valence-electron chi connectivity index (χ1n) is 13.1. The van der Waals surface area contributed by atoms with Crippen molar-refractivity contribution in [2.75, 3.05) is 0 Å². The molecule has 1 atom stereocenters. The maximum Gasteiger partial charge on any atom is 0.347 e. The van der Waals surface area contributed by atoms with Crippen LogP contribution >= 0.6 is 11.8 Å². The van der Waals surface area contributed by atoms with E-state index in [1.54, 1.807) is 0 Å². The zero-order valence-corrected chi connectivity index (χ0v) is 21.6. The van der Waals surface area contributed by atoms with E-state index in [-0.39, 0.29) is 0 Å². The molecule has 0 fully saturated rings. The summed E-state index contributed by atoms with van der Waals surface area (Å²) in [5.74, 6) is 1.88. The smallest absolute Gasteiger partial charge is 0.220 e. The fraction of sp³-hybridized carbons (Fsp3) is 0.152. The van der Waals surface area contributed by atoms with Crippen molar-refractivity contribution >= 4 is 33.6 Å². The van der Waals surface area contributed by atoms with Crippen molar-refractivity contribution in [1.29, 1.82) is 0 Å². The largest absolute Gasteiger partial charge is 0.347 e. The molecule has 176 valence electrons. The van der Waals surface area contributed by atoms with Gasteiger partial charge in [-0.1, -0.05) is 74.1 Å². The van der Waals surface area contributed by atoms with Crippen molar-refractivity contribution in [3.63, 3.8) is 0 Å². The summed E-state index contributed by atoms with van der Waals surface area (Å²) < 4.78 is 7.84. The summed E-state index contributed by atoms with van der Waals surface area (Å²) in [4.78, 5) is 2.69. The van der Waals surface area contributed by atoms with Gasteiger partial charge in [-0.15, -0.1) is 0 Å². The minimum absolute atomic E-state index is 0.450. The second kappa shape index (κ2) is 6.70. The Morgan fingerprint density at radius 1 is 0.865 bits per heavy atom. The summed E-state index contributed by atoms with van der Waals surface area (Å²) in [6.45, 7) is 5.64. The Labute approximate surface area is 219 Å². The highest BCUT2D eigenvalue weighted by Crippen LogP contribution is 2.56. The first kappa shape index (κ1) is 20.2. The van der Waals surface area contributed by atoms with E-state index < -0.39 is 5.54 Å². The third kappa shape index (κ3) is 2.20. The molecule has 0 amide bonds. The maximum atomic E-state index is 2.64. The molecule has 4 aromatic carbocycles. The third-order valence-electron chi connectivity index (χ3n) is 8.44. The van der Waals surface area contributed by atoms with Gasteiger partial charge in [-0.2, -0.15) is 9.13 Å². The fourth-order valence-corrected chi connectivity index (χ4v) is 8.45. The Morgan fingerprint density at radius 2 is 1.70 bits per heavy atom. The second-order valence-electron chi connectivity index (χ2n) is 10.9. The van der Waals surface area contributed by atoms with E-state index in [2.05, 4.69) is 125 Å². The van der Waals surface area contributed by atoms with Crippen LogP contribution in [0.4, 0.5) is 0 Å². The number of rotatable bonds is 2. The first-order valence-corrected chi connectivity index (χ1v) is 13.9. The molecule has 3 aliphatic rings. The Hall–Kier alpha value is -3.89. The lowest BCUT2D eigenvalue weighted by molar-refractivity contribution is -0.733. The van der Waals surface area contributed by atoms with Crippen LogP contribution in [0.1, 0.15) is 30.8 Å². The summed E-state index contributed by atoms with van der Waals surface area (Å²) in [5.41, 5.74) is 8.99. The molecule has 0 saturated carbocycles. The second-order valence-corrected chi connectivity index (χ2v) is 12.0. The highest BCUT2D eigenvalue weighted by molar-refractivity contribution is 7.99. The van der Waals surface area contributed by atoms with E-state index >= 15 is 0 Å². The van der Waals surface area contributed by atoms with Gasteiger partial charge in [0.1, 0.15) is 0 Å². The van der Waals surface area contributed by atoms with Crippen LogP contribution in [0.25, 0.3) is 38.8 Å². The topological polar surface area (TPSA) is 12.7 Å². The number of aromatic nitrogens is 3. The average Bonchev–Trinajstić information content (AvgIpc) is 3.52. The molecule has 9 rings (SSSR count). The van der Waals surface area contributed by atoms with Crippen molar-refractivity contribution in [2.45, 2.75) is 35.7 Å². The molecule has 0 radical (unpaired) electrons. The molecular formula is C33H25N3S+2. The van der Waals surface area contributed by atoms with Gasteiger partial charge in [0, 0.05) is 12.1 Å². The molecule has 5 heterocycles. The molecule has 1 unspecified atom stereocenters. The number of para-hydroxylation sites is 1. The van der Waals surface area contributed by atoms with E-state index in [0.29, 0.717) is 5.92 Å². The number of pyridine rings is 1. The van der Waals surface area contributed by atoms with E-state index in [1.165, 1.54) is 65.5 Å². The maximum absolute atomic E-state index is 2.64. The number of hydrogen-bond acceptors (Lipinski definition) is 1. The molecule has 6 aromatic rings. The Morgan fingerprint density at radius 3 is 2.62 bits per heavy atom. The van der Waals surface area contributed by atoms with E-state index in [0.717, 1.165) is 6.54 Å². The van der Waals surface area contributed by atoms with Gasteiger partial charge in [-0.05, 0) is 47.0 Å². The van der Waals surface area contributed by atoms with Gasteiger partial charge >= 0.3 is 11.4 Å². The third-order valence-corrected chi connectivity index (χ3v) is 9.52. The molecule has 0 aliphatic carbocycles. The van der Waals surface area contributed by atoms with Gasteiger partial charge in [-0.3, -0.25) is 0 Å². The predicted octanol–water partition coefficient (Wildman–Crippen LogP) is 6.61. The lowest BCUT2D eigenvalue weighted by atomic mass is 9.80. The van der Waals surface area contributed by atoms with Crippen LogP contribution in [-0.2, 0) is 12.1 Å². The molecule has 3 aliphatic heterocycles. The normalized spacial score (nSPS) is 17.8. The minimum atomic E-state index is -0.450. The molecule has 0 bridgehead atoms. The SMILES string of the molecule is CC(C)Cn1c2[n+]3c4c(cccc41)Sc1cc4ccccc4c(c1-3)C21c2ccccc2-c2cccc[n+]21. The Kier molecular flexibility index (Phi) is 3.66. The fourth-order valence-electron chi connectivity index (χ4n) is 7.30. The van der Waals surface area contributed by atoms with Gasteiger partial charge < -0.3 is 0 Å². The summed E-state index contributed by atoms with van der Waals surface area (Å²) in [5, 5.41) is 2.65. The summed E-state index contributed by atoms with van der Waals surface area (Å²) in [7, 11) is 0. The lowest BCUT2D eigenvalue weighted by Gasteiger charge is -2.22. The van der Waals surface area contributed by atoms with Crippen molar-refractivity contribution in [3.8, 4) is 16.9 Å². The van der Waals surface area contributed by atoms with Gasteiger partial charge in [0.15, 0.2) is 22.9 Å². The number of benzene rings is 4. The van der Waals surface area contributed by atoms with E-state index in [4.69, 9.17) is 0 Å². The quantitative estimate of drug-likeness (QED) is 0.246. The van der Waals surface area contributed by atoms with Crippen molar-refractivity contribution in [1.82, 2.24) is 4.57 Å². The summed E-state index contributed by atoms with van der Waals surface area (Å²) in [6.07, 6.45) is 2.31. The summed E-state index contributed by atoms with van der Waals surface area (Å²) >= 11 is 1.93. The Bertz CT molecular complexity index is 1930. The molecule has 2 aromatic heterocycles. The van der Waals surface area contributed by atoms with Crippen molar-refractivity contribution < 1.29 is 9.13 Å². The molecular weight excluding hydrogens is 470 g/mol. The standard InChI is InChI=1S/C33H25N3S/c1-20(2)19-34-26-15-9-16-27-30(26)36-31-28(37-27)18-21-10-3-4-11-22(21)29(31)33(32(34)36)24-13-6-5-12-23(24)25-14-7-8-17-35(25)33/h3-18,20H,19H2,1-2H3/q+2. The molecule has 4 heteroatoms. The molecule has 37 heavy (non-hydrogen) atoms. The van der Waals surface area contributed by atoms with Crippen LogP contribution in [0.5, 0.6) is 0 Å². The first-order chi connectivity index (χ1) is 18.2. The van der Waals surface area contributed by atoms with Crippen LogP contribution in [-0.4, -0.2) is 4.57 Å². The minimum Gasteiger partial charge on any atom is -0.220 e. The van der Waals surface area contributed by atoms with Crippen LogP contribution in [0.2, 0.25) is 0 Å². The van der Waals surface area contributed by atoms with Gasteiger partial charge in [0.05, 0.1) is 33.0 Å². The Balaban J connectivity index is 1.62.